The minimum Gasteiger partial charge on any atom is -0.354 e. The van der Waals surface area contributed by atoms with E-state index >= 15 is 0 Å². The van der Waals surface area contributed by atoms with E-state index in [0.29, 0.717) is 11.8 Å². The maximum Gasteiger partial charge on any atom is 0.141 e. The summed E-state index contributed by atoms with van der Waals surface area (Å²) < 4.78 is 13.4. The molecule has 0 saturated carbocycles. The van der Waals surface area contributed by atoms with Crippen molar-refractivity contribution in [3.8, 4) is 0 Å². The van der Waals surface area contributed by atoms with Gasteiger partial charge in [-0.1, -0.05) is 13.8 Å². The van der Waals surface area contributed by atoms with Gasteiger partial charge in [-0.25, -0.2) is 9.37 Å². The molecule has 0 radical (unpaired) electrons. The first-order valence-corrected chi connectivity index (χ1v) is 7.97. The Labute approximate surface area is 119 Å². The Hall–Kier alpha value is -0.810. The number of thioether (sulfide) groups is 1. The summed E-state index contributed by atoms with van der Waals surface area (Å²) in [7, 11) is 0. The van der Waals surface area contributed by atoms with Crippen molar-refractivity contribution in [1.29, 1.82) is 0 Å². The lowest BCUT2D eigenvalue weighted by molar-refractivity contribution is 0.609. The van der Waals surface area contributed by atoms with Gasteiger partial charge < -0.3 is 10.2 Å². The molecule has 0 aliphatic carbocycles. The SMILES string of the molecule is CCCNCc1cc(F)cnc1N1CCSC(C)C1. The van der Waals surface area contributed by atoms with Gasteiger partial charge in [0.1, 0.15) is 11.6 Å². The first kappa shape index (κ1) is 14.6. The van der Waals surface area contributed by atoms with Crippen LogP contribution in [0.4, 0.5) is 10.2 Å². The van der Waals surface area contributed by atoms with E-state index in [2.05, 4.69) is 29.0 Å². The highest BCUT2D eigenvalue weighted by Gasteiger charge is 2.20. The fourth-order valence-electron chi connectivity index (χ4n) is 2.30. The summed E-state index contributed by atoms with van der Waals surface area (Å²) in [5.41, 5.74) is 0.965. The predicted octanol–water partition coefficient (Wildman–Crippen LogP) is 2.66. The van der Waals surface area contributed by atoms with Crippen LogP contribution in [0.2, 0.25) is 0 Å². The van der Waals surface area contributed by atoms with Crippen molar-refractivity contribution in [2.45, 2.75) is 32.1 Å². The molecular formula is C14H22FN3S. The Morgan fingerprint density at radius 1 is 1.58 bits per heavy atom. The number of hydrogen-bond acceptors (Lipinski definition) is 4. The van der Waals surface area contributed by atoms with Gasteiger partial charge in [-0.05, 0) is 19.0 Å². The topological polar surface area (TPSA) is 28.2 Å². The highest BCUT2D eigenvalue weighted by Crippen LogP contribution is 2.25. The van der Waals surface area contributed by atoms with Gasteiger partial charge in [-0.2, -0.15) is 11.8 Å². The fourth-order valence-corrected chi connectivity index (χ4v) is 3.31. The third-order valence-electron chi connectivity index (χ3n) is 3.19. The van der Waals surface area contributed by atoms with E-state index in [9.17, 15) is 4.39 Å². The van der Waals surface area contributed by atoms with Gasteiger partial charge in [0.2, 0.25) is 0 Å². The normalized spacial score (nSPS) is 19.7. The zero-order chi connectivity index (χ0) is 13.7. The number of pyridine rings is 1. The quantitative estimate of drug-likeness (QED) is 0.841. The molecule has 1 aromatic heterocycles. The summed E-state index contributed by atoms with van der Waals surface area (Å²) >= 11 is 1.99. The van der Waals surface area contributed by atoms with E-state index < -0.39 is 0 Å². The van der Waals surface area contributed by atoms with Crippen LogP contribution in [0.15, 0.2) is 12.3 Å². The highest BCUT2D eigenvalue weighted by atomic mass is 32.2. The summed E-state index contributed by atoms with van der Waals surface area (Å²) in [6.07, 6.45) is 2.40. The van der Waals surface area contributed by atoms with Crippen LogP contribution in [0.3, 0.4) is 0 Å². The predicted molar refractivity (Wildman–Crippen MR) is 80.3 cm³/mol. The number of rotatable bonds is 5. The lowest BCUT2D eigenvalue weighted by Gasteiger charge is -2.32. The minimum atomic E-state index is -0.253. The summed E-state index contributed by atoms with van der Waals surface area (Å²) in [5.74, 6) is 1.80. The van der Waals surface area contributed by atoms with E-state index in [1.54, 1.807) is 6.07 Å². The molecule has 1 saturated heterocycles. The molecule has 1 aromatic rings. The van der Waals surface area contributed by atoms with Crippen molar-refractivity contribution in [1.82, 2.24) is 10.3 Å². The number of nitrogens with one attached hydrogen (secondary N) is 1. The molecule has 0 bridgehead atoms. The van der Waals surface area contributed by atoms with Crippen molar-refractivity contribution in [2.24, 2.45) is 0 Å². The second-order valence-electron chi connectivity index (χ2n) is 4.94. The van der Waals surface area contributed by atoms with E-state index in [1.807, 2.05) is 11.8 Å². The van der Waals surface area contributed by atoms with Crippen LogP contribution in [0.25, 0.3) is 0 Å². The maximum absolute atomic E-state index is 13.4. The second-order valence-corrected chi connectivity index (χ2v) is 6.49. The zero-order valence-electron chi connectivity index (χ0n) is 11.7. The number of halogens is 1. The highest BCUT2D eigenvalue weighted by molar-refractivity contribution is 8.00. The Morgan fingerprint density at radius 3 is 3.16 bits per heavy atom. The molecule has 3 nitrogen and oxygen atoms in total. The van der Waals surface area contributed by atoms with Crippen molar-refractivity contribution >= 4 is 17.6 Å². The maximum atomic E-state index is 13.4. The van der Waals surface area contributed by atoms with Crippen molar-refractivity contribution in [3.63, 3.8) is 0 Å². The molecule has 0 aromatic carbocycles. The first-order chi connectivity index (χ1) is 9.20. The van der Waals surface area contributed by atoms with Gasteiger partial charge in [-0.15, -0.1) is 0 Å². The van der Waals surface area contributed by atoms with Crippen LogP contribution < -0.4 is 10.2 Å². The Morgan fingerprint density at radius 2 is 2.42 bits per heavy atom. The Balaban J connectivity index is 2.13. The van der Waals surface area contributed by atoms with Gasteiger partial charge in [0.25, 0.3) is 0 Å². The van der Waals surface area contributed by atoms with Gasteiger partial charge >= 0.3 is 0 Å². The summed E-state index contributed by atoms with van der Waals surface area (Å²) in [4.78, 5) is 6.60. The van der Waals surface area contributed by atoms with Crippen molar-refractivity contribution < 1.29 is 4.39 Å². The van der Waals surface area contributed by atoms with Gasteiger partial charge in [0, 0.05) is 36.2 Å². The van der Waals surface area contributed by atoms with Crippen molar-refractivity contribution in [3.05, 3.63) is 23.6 Å². The molecule has 1 unspecified atom stereocenters. The summed E-state index contributed by atoms with van der Waals surface area (Å²) in [6, 6.07) is 1.61. The molecule has 1 atom stereocenters. The summed E-state index contributed by atoms with van der Waals surface area (Å²) in [5, 5.41) is 3.94. The van der Waals surface area contributed by atoms with Crippen LogP contribution >= 0.6 is 11.8 Å². The monoisotopic (exact) mass is 283 g/mol. The number of anilines is 1. The Bertz CT molecular complexity index is 414. The van der Waals surface area contributed by atoms with Crippen LogP contribution in [-0.2, 0) is 6.54 Å². The van der Waals surface area contributed by atoms with Crippen LogP contribution in [-0.4, -0.2) is 35.6 Å². The molecule has 2 rings (SSSR count). The van der Waals surface area contributed by atoms with Gasteiger partial charge in [-0.3, -0.25) is 0 Å². The molecule has 1 N–H and O–H groups in total. The molecular weight excluding hydrogens is 261 g/mol. The van der Waals surface area contributed by atoms with Crippen LogP contribution in [0, 0.1) is 5.82 Å². The second kappa shape index (κ2) is 7.10. The zero-order valence-corrected chi connectivity index (χ0v) is 12.5. The number of nitrogens with zero attached hydrogens (tertiary/aromatic N) is 2. The van der Waals surface area contributed by atoms with Crippen LogP contribution in [0.5, 0.6) is 0 Å². The smallest absolute Gasteiger partial charge is 0.141 e. The molecule has 1 aliphatic rings. The molecule has 0 amide bonds. The number of hydrogen-bond donors (Lipinski definition) is 1. The van der Waals surface area contributed by atoms with E-state index in [0.717, 1.165) is 43.2 Å². The van der Waals surface area contributed by atoms with Crippen LogP contribution in [0.1, 0.15) is 25.8 Å². The molecule has 1 aliphatic heterocycles. The van der Waals surface area contributed by atoms with E-state index in [-0.39, 0.29) is 5.82 Å². The standard InChI is InChI=1S/C14H22FN3S/c1-3-4-16-8-12-7-13(15)9-17-14(12)18-5-6-19-11(2)10-18/h7,9,11,16H,3-6,8,10H2,1-2H3. The molecule has 5 heteroatoms. The molecule has 1 fully saturated rings. The third kappa shape index (κ3) is 4.08. The lowest BCUT2D eigenvalue weighted by Crippen LogP contribution is -2.38. The van der Waals surface area contributed by atoms with Gasteiger partial charge in [0.15, 0.2) is 0 Å². The molecule has 19 heavy (non-hydrogen) atoms. The van der Waals surface area contributed by atoms with Crippen molar-refractivity contribution in [2.75, 3.05) is 30.3 Å². The fraction of sp³-hybridized carbons (Fsp3) is 0.643. The van der Waals surface area contributed by atoms with Gasteiger partial charge in [0.05, 0.1) is 6.20 Å². The van der Waals surface area contributed by atoms with E-state index in [1.165, 1.54) is 6.20 Å². The lowest BCUT2D eigenvalue weighted by atomic mass is 10.2. The molecule has 106 valence electrons. The average Bonchev–Trinajstić information content (AvgIpc) is 2.39. The first-order valence-electron chi connectivity index (χ1n) is 6.92. The number of aromatic nitrogens is 1. The average molecular weight is 283 g/mol. The molecule has 0 spiro atoms. The van der Waals surface area contributed by atoms with E-state index in [4.69, 9.17) is 0 Å². The largest absolute Gasteiger partial charge is 0.354 e. The Kier molecular flexibility index (Phi) is 5.45. The minimum absolute atomic E-state index is 0.253. The summed E-state index contributed by atoms with van der Waals surface area (Å²) in [6.45, 7) is 7.98. The molecule has 2 heterocycles. The third-order valence-corrected chi connectivity index (χ3v) is 4.33.